The van der Waals surface area contributed by atoms with Gasteiger partial charge in [0.1, 0.15) is 11.5 Å². The number of carbonyl (C=O) groups is 1. The maximum Gasteiger partial charge on any atom is 0.310 e. The summed E-state index contributed by atoms with van der Waals surface area (Å²) in [5.74, 6) is 1.64. The summed E-state index contributed by atoms with van der Waals surface area (Å²) in [6, 6.07) is 11.6. The van der Waals surface area contributed by atoms with E-state index in [1.54, 1.807) is 0 Å². The number of nitrogens with zero attached hydrogens (tertiary/aromatic N) is 4. The van der Waals surface area contributed by atoms with Crippen LogP contribution in [0.15, 0.2) is 45.2 Å². The number of hydrogen-bond acceptors (Lipinski definition) is 7. The molecule has 3 heterocycles. The number of benzene rings is 1. The first-order valence-corrected chi connectivity index (χ1v) is 9.58. The lowest BCUT2D eigenvalue weighted by Crippen LogP contribution is -2.09. The molecular weight excluding hydrogens is 384 g/mol. The zero-order chi connectivity index (χ0) is 21.3. The Hall–Kier alpha value is -3.68. The number of esters is 1. The fraction of sp³-hybridized carbons (Fsp3) is 0.273. The Morgan fingerprint density at radius 3 is 2.53 bits per heavy atom. The van der Waals surface area contributed by atoms with Crippen LogP contribution in [0.4, 0.5) is 0 Å². The Morgan fingerprint density at radius 1 is 1.07 bits per heavy atom. The van der Waals surface area contributed by atoms with E-state index in [2.05, 4.69) is 15.3 Å². The van der Waals surface area contributed by atoms with Crippen LogP contribution in [0.2, 0.25) is 0 Å². The van der Waals surface area contributed by atoms with Crippen molar-refractivity contribution in [2.24, 2.45) is 0 Å². The second-order valence-corrected chi connectivity index (χ2v) is 7.06. The van der Waals surface area contributed by atoms with Crippen molar-refractivity contribution in [3.8, 4) is 17.1 Å². The van der Waals surface area contributed by atoms with Gasteiger partial charge < -0.3 is 13.6 Å². The summed E-state index contributed by atoms with van der Waals surface area (Å²) in [6.45, 7) is 7.41. The van der Waals surface area contributed by atoms with E-state index >= 15 is 0 Å². The summed E-state index contributed by atoms with van der Waals surface area (Å²) in [4.78, 5) is 12.4. The molecule has 0 bridgehead atoms. The van der Waals surface area contributed by atoms with Gasteiger partial charge in [-0.15, -0.1) is 10.2 Å². The Labute approximate surface area is 173 Å². The van der Waals surface area contributed by atoms with E-state index in [0.717, 1.165) is 34.0 Å². The molecule has 30 heavy (non-hydrogen) atoms. The van der Waals surface area contributed by atoms with E-state index in [1.165, 1.54) is 0 Å². The average molecular weight is 406 g/mol. The lowest BCUT2D eigenvalue weighted by molar-refractivity contribution is -0.144. The molecule has 1 aromatic carbocycles. The summed E-state index contributed by atoms with van der Waals surface area (Å²) in [6.07, 6.45) is 0.117. The highest BCUT2D eigenvalue weighted by atomic mass is 16.5. The molecule has 4 aromatic rings. The molecule has 0 aliphatic rings. The van der Waals surface area contributed by atoms with Gasteiger partial charge in [-0.25, -0.2) is 4.68 Å². The van der Waals surface area contributed by atoms with E-state index in [9.17, 15) is 4.79 Å². The van der Waals surface area contributed by atoms with Gasteiger partial charge in [-0.1, -0.05) is 18.2 Å². The lowest BCUT2D eigenvalue weighted by atomic mass is 10.1. The van der Waals surface area contributed by atoms with Crippen LogP contribution in [0, 0.1) is 27.7 Å². The Bertz CT molecular complexity index is 1190. The van der Waals surface area contributed by atoms with Crippen LogP contribution in [-0.4, -0.2) is 25.9 Å². The van der Waals surface area contributed by atoms with Crippen molar-refractivity contribution in [3.05, 3.63) is 70.8 Å². The molecular formula is C22H22N4O4. The van der Waals surface area contributed by atoms with Crippen LogP contribution in [0.5, 0.6) is 0 Å². The van der Waals surface area contributed by atoms with Gasteiger partial charge in [0.2, 0.25) is 0 Å². The predicted molar refractivity (Wildman–Crippen MR) is 108 cm³/mol. The van der Waals surface area contributed by atoms with Gasteiger partial charge in [0, 0.05) is 11.3 Å². The molecule has 3 aromatic heterocycles. The average Bonchev–Trinajstić information content (AvgIpc) is 3.40. The van der Waals surface area contributed by atoms with E-state index in [1.807, 2.05) is 68.8 Å². The number of para-hydroxylation sites is 1. The topological polar surface area (TPSA) is 96.2 Å². The van der Waals surface area contributed by atoms with Gasteiger partial charge >= 0.3 is 5.97 Å². The first-order chi connectivity index (χ1) is 14.4. The zero-order valence-corrected chi connectivity index (χ0v) is 17.3. The highest BCUT2D eigenvalue weighted by Crippen LogP contribution is 2.25. The third-order valence-electron chi connectivity index (χ3n) is 4.86. The summed E-state index contributed by atoms with van der Waals surface area (Å²) >= 11 is 0. The van der Waals surface area contributed by atoms with E-state index < -0.39 is 0 Å². The van der Waals surface area contributed by atoms with E-state index in [-0.39, 0.29) is 24.9 Å². The molecule has 4 rings (SSSR count). The Morgan fingerprint density at radius 2 is 1.83 bits per heavy atom. The van der Waals surface area contributed by atoms with Gasteiger partial charge in [0.25, 0.3) is 11.8 Å². The monoisotopic (exact) mass is 406 g/mol. The molecule has 8 heteroatoms. The number of rotatable bonds is 6. The van der Waals surface area contributed by atoms with Crippen LogP contribution < -0.4 is 0 Å². The fourth-order valence-corrected chi connectivity index (χ4v) is 3.35. The molecule has 0 unspecified atom stereocenters. The smallest absolute Gasteiger partial charge is 0.310 e. The minimum absolute atomic E-state index is 0.0906. The van der Waals surface area contributed by atoms with Crippen LogP contribution in [0.25, 0.3) is 17.1 Å². The van der Waals surface area contributed by atoms with Crippen molar-refractivity contribution in [2.45, 2.75) is 40.7 Å². The van der Waals surface area contributed by atoms with Crippen LogP contribution in [0.1, 0.15) is 34.4 Å². The maximum absolute atomic E-state index is 12.4. The normalized spacial score (nSPS) is 11.1. The molecule has 0 spiro atoms. The van der Waals surface area contributed by atoms with E-state index in [0.29, 0.717) is 11.7 Å². The lowest BCUT2D eigenvalue weighted by Gasteiger charge is -2.05. The highest BCUT2D eigenvalue weighted by molar-refractivity contribution is 5.73. The molecule has 0 fully saturated rings. The summed E-state index contributed by atoms with van der Waals surface area (Å²) in [5.41, 5.74) is 4.22. The minimum atomic E-state index is -0.385. The van der Waals surface area contributed by atoms with Gasteiger partial charge in [-0.2, -0.15) is 5.10 Å². The molecule has 0 saturated heterocycles. The molecule has 0 radical (unpaired) electrons. The quantitative estimate of drug-likeness (QED) is 0.446. The number of aromatic nitrogens is 4. The van der Waals surface area contributed by atoms with Gasteiger partial charge in [-0.3, -0.25) is 4.79 Å². The van der Waals surface area contributed by atoms with Crippen molar-refractivity contribution in [3.63, 3.8) is 0 Å². The van der Waals surface area contributed by atoms with Crippen LogP contribution >= 0.6 is 0 Å². The predicted octanol–water partition coefficient (Wildman–Crippen LogP) is 4.03. The molecule has 0 saturated carbocycles. The molecule has 0 amide bonds. The summed E-state index contributed by atoms with van der Waals surface area (Å²) in [5, 5.41) is 12.5. The largest absolute Gasteiger partial charge is 0.466 e. The third-order valence-corrected chi connectivity index (χ3v) is 4.86. The van der Waals surface area contributed by atoms with Gasteiger partial charge in [0.15, 0.2) is 6.61 Å². The minimum Gasteiger partial charge on any atom is -0.466 e. The number of carbonyl (C=O) groups excluding carboxylic acids is 1. The van der Waals surface area contributed by atoms with Crippen molar-refractivity contribution in [1.29, 1.82) is 0 Å². The third kappa shape index (κ3) is 3.89. The molecule has 0 aliphatic carbocycles. The number of ether oxygens (including phenoxy) is 1. The van der Waals surface area contributed by atoms with Crippen LogP contribution in [-0.2, 0) is 22.6 Å². The van der Waals surface area contributed by atoms with Gasteiger partial charge in [0.05, 0.1) is 23.4 Å². The molecule has 154 valence electrons. The number of furan rings is 1. The molecule has 0 N–H and O–H groups in total. The fourth-order valence-electron chi connectivity index (χ4n) is 3.35. The highest BCUT2D eigenvalue weighted by Gasteiger charge is 2.19. The Balaban J connectivity index is 1.41. The summed E-state index contributed by atoms with van der Waals surface area (Å²) < 4.78 is 18.3. The SMILES string of the molecule is Cc1cc(-c2nnc(COC(=O)Cc3c(C)nn(-c4ccccc4)c3C)o2)c(C)o1. The van der Waals surface area contributed by atoms with Crippen molar-refractivity contribution < 1.29 is 18.4 Å². The van der Waals surface area contributed by atoms with E-state index in [4.69, 9.17) is 13.6 Å². The first-order valence-electron chi connectivity index (χ1n) is 9.58. The first kappa shape index (κ1) is 19.6. The van der Waals surface area contributed by atoms with Crippen molar-refractivity contribution in [2.75, 3.05) is 0 Å². The standard InChI is InChI=1S/C22H22N4O4/c1-13-10-19(16(4)29-13)22-24-23-20(30-22)12-28-21(27)11-18-14(2)25-26(15(18)3)17-8-6-5-7-9-17/h5-10H,11-12H2,1-4H3. The van der Waals surface area contributed by atoms with Crippen molar-refractivity contribution in [1.82, 2.24) is 20.0 Å². The molecule has 0 aliphatic heterocycles. The maximum atomic E-state index is 12.4. The second kappa shape index (κ2) is 7.98. The zero-order valence-electron chi connectivity index (χ0n) is 17.3. The summed E-state index contributed by atoms with van der Waals surface area (Å²) in [7, 11) is 0. The van der Waals surface area contributed by atoms with Crippen molar-refractivity contribution >= 4 is 5.97 Å². The Kier molecular flexibility index (Phi) is 5.22. The number of hydrogen-bond donors (Lipinski definition) is 0. The van der Waals surface area contributed by atoms with Gasteiger partial charge in [-0.05, 0) is 45.9 Å². The number of aryl methyl sites for hydroxylation is 3. The molecule has 0 atom stereocenters. The second-order valence-electron chi connectivity index (χ2n) is 7.06. The van der Waals surface area contributed by atoms with Crippen LogP contribution in [0.3, 0.4) is 0 Å². The molecule has 8 nitrogen and oxygen atoms in total.